The van der Waals surface area contributed by atoms with E-state index in [-0.39, 0.29) is 34.0 Å². The number of fused-ring (bicyclic) bond motifs is 1. The number of carboxylic acids is 1. The molecular weight excluding hydrogens is 272 g/mol. The molecule has 1 aromatic carbocycles. The molecule has 0 fully saturated rings. The van der Waals surface area contributed by atoms with Gasteiger partial charge in [0.25, 0.3) is 0 Å². The number of ketones is 2. The Kier molecular flexibility index (Phi) is 3.45. The predicted molar refractivity (Wildman–Crippen MR) is 77.0 cm³/mol. The van der Waals surface area contributed by atoms with Crippen molar-refractivity contribution in [2.45, 2.75) is 27.7 Å². The number of benzene rings is 1. The minimum atomic E-state index is -1.21. The third-order valence-corrected chi connectivity index (χ3v) is 3.17. The van der Waals surface area contributed by atoms with E-state index in [0.29, 0.717) is 5.39 Å². The smallest absolute Gasteiger partial charge is 0.336 e. The molecule has 0 spiro atoms. The average Bonchev–Trinajstić information content (AvgIpc) is 2.77. The quantitative estimate of drug-likeness (QED) is 0.873. The monoisotopic (exact) mass is 288 g/mol. The third-order valence-electron chi connectivity index (χ3n) is 3.17. The highest BCUT2D eigenvalue weighted by Crippen LogP contribution is 2.28. The Labute approximate surface area is 121 Å². The first-order valence-electron chi connectivity index (χ1n) is 6.48. The maximum atomic E-state index is 12.2. The molecule has 110 valence electrons. The van der Waals surface area contributed by atoms with E-state index < -0.39 is 11.4 Å². The van der Waals surface area contributed by atoms with E-state index in [2.05, 4.69) is 0 Å². The molecule has 5 nitrogen and oxygen atoms in total. The molecule has 0 aliphatic rings. The molecular formula is C16H16O5. The molecule has 2 aromatic rings. The van der Waals surface area contributed by atoms with Gasteiger partial charge in [0.2, 0.25) is 5.78 Å². The maximum Gasteiger partial charge on any atom is 0.336 e. The zero-order chi connectivity index (χ0) is 15.9. The lowest BCUT2D eigenvalue weighted by Crippen LogP contribution is -2.19. The second-order valence-electron chi connectivity index (χ2n) is 5.99. The zero-order valence-electron chi connectivity index (χ0n) is 12.3. The second-order valence-corrected chi connectivity index (χ2v) is 5.99. The summed E-state index contributed by atoms with van der Waals surface area (Å²) in [5.41, 5.74) is -0.345. The molecule has 1 heterocycles. The number of furan rings is 1. The van der Waals surface area contributed by atoms with Gasteiger partial charge in [-0.25, -0.2) is 4.79 Å². The van der Waals surface area contributed by atoms with Crippen LogP contribution < -0.4 is 0 Å². The number of rotatable bonds is 3. The van der Waals surface area contributed by atoms with Crippen LogP contribution in [0.2, 0.25) is 0 Å². The topological polar surface area (TPSA) is 84.6 Å². The zero-order valence-corrected chi connectivity index (χ0v) is 12.3. The fourth-order valence-electron chi connectivity index (χ4n) is 2.04. The Bertz CT molecular complexity index is 708. The molecule has 0 bridgehead atoms. The summed E-state index contributed by atoms with van der Waals surface area (Å²) >= 11 is 0. The summed E-state index contributed by atoms with van der Waals surface area (Å²) < 4.78 is 5.46. The van der Waals surface area contributed by atoms with Crippen LogP contribution >= 0.6 is 0 Å². The van der Waals surface area contributed by atoms with Crippen molar-refractivity contribution in [1.82, 2.24) is 0 Å². The first kappa shape index (κ1) is 15.0. The summed E-state index contributed by atoms with van der Waals surface area (Å²) in [6.07, 6.45) is 0. The molecule has 1 N–H and O–H groups in total. The van der Waals surface area contributed by atoms with Gasteiger partial charge >= 0.3 is 5.97 Å². The van der Waals surface area contributed by atoms with E-state index in [1.807, 2.05) is 0 Å². The van der Waals surface area contributed by atoms with Gasteiger partial charge in [0.05, 0.1) is 5.56 Å². The summed E-state index contributed by atoms with van der Waals surface area (Å²) in [7, 11) is 0. The van der Waals surface area contributed by atoms with E-state index in [0.717, 1.165) is 0 Å². The number of carbonyl (C=O) groups excluding carboxylic acids is 2. The van der Waals surface area contributed by atoms with Crippen LogP contribution in [-0.4, -0.2) is 22.6 Å². The Morgan fingerprint density at radius 1 is 1.05 bits per heavy atom. The van der Waals surface area contributed by atoms with Crippen molar-refractivity contribution in [1.29, 1.82) is 0 Å². The van der Waals surface area contributed by atoms with Crippen LogP contribution in [0.3, 0.4) is 0 Å². The lowest BCUT2D eigenvalue weighted by Gasteiger charge is -2.13. The number of carboxylic acid groups (broad SMARTS) is 1. The Morgan fingerprint density at radius 3 is 2.14 bits per heavy atom. The van der Waals surface area contributed by atoms with Gasteiger partial charge < -0.3 is 9.52 Å². The van der Waals surface area contributed by atoms with Gasteiger partial charge in [-0.1, -0.05) is 20.8 Å². The third kappa shape index (κ3) is 2.72. The van der Waals surface area contributed by atoms with E-state index >= 15 is 0 Å². The minimum Gasteiger partial charge on any atom is -0.478 e. The van der Waals surface area contributed by atoms with E-state index in [9.17, 15) is 14.4 Å². The number of aromatic carboxylic acids is 1. The molecule has 0 atom stereocenters. The van der Waals surface area contributed by atoms with Crippen LogP contribution in [0.5, 0.6) is 0 Å². The fourth-order valence-corrected chi connectivity index (χ4v) is 2.04. The Morgan fingerprint density at radius 2 is 1.67 bits per heavy atom. The molecule has 0 aliphatic heterocycles. The molecule has 0 saturated carbocycles. The van der Waals surface area contributed by atoms with E-state index in [1.54, 1.807) is 26.8 Å². The number of hydrogen-bond donors (Lipinski definition) is 1. The van der Waals surface area contributed by atoms with Gasteiger partial charge in [-0.2, -0.15) is 0 Å². The lowest BCUT2D eigenvalue weighted by molar-refractivity contribution is 0.0692. The highest BCUT2D eigenvalue weighted by atomic mass is 16.4. The highest BCUT2D eigenvalue weighted by molar-refractivity contribution is 6.09. The molecule has 0 saturated heterocycles. The van der Waals surface area contributed by atoms with Crippen molar-refractivity contribution >= 4 is 28.5 Å². The van der Waals surface area contributed by atoms with Gasteiger partial charge in [0.1, 0.15) is 5.58 Å². The van der Waals surface area contributed by atoms with Crippen LogP contribution in [0, 0.1) is 5.41 Å². The van der Waals surface area contributed by atoms with Gasteiger partial charge in [-0.3, -0.25) is 9.59 Å². The Hall–Kier alpha value is -2.43. The van der Waals surface area contributed by atoms with Crippen molar-refractivity contribution in [2.75, 3.05) is 0 Å². The molecule has 0 radical (unpaired) electrons. The van der Waals surface area contributed by atoms with Crippen molar-refractivity contribution in [3.63, 3.8) is 0 Å². The molecule has 0 amide bonds. The first-order chi connectivity index (χ1) is 9.61. The van der Waals surface area contributed by atoms with Gasteiger partial charge in [0, 0.05) is 16.4 Å². The highest BCUT2D eigenvalue weighted by Gasteiger charge is 2.27. The van der Waals surface area contributed by atoms with Crippen LogP contribution in [-0.2, 0) is 0 Å². The molecule has 0 aliphatic carbocycles. The normalized spacial score (nSPS) is 11.6. The molecule has 5 heteroatoms. The minimum absolute atomic E-state index is 0.102. The summed E-state index contributed by atoms with van der Waals surface area (Å²) in [5.74, 6) is -1.57. The summed E-state index contributed by atoms with van der Waals surface area (Å²) in [6.45, 7) is 6.61. The average molecular weight is 288 g/mol. The molecule has 1 aromatic heterocycles. The maximum absolute atomic E-state index is 12.2. The SMILES string of the molecule is CC(=O)c1cc2cc(C(=O)C(C)(C)C)oc2cc1C(=O)O. The van der Waals surface area contributed by atoms with E-state index in [1.165, 1.54) is 19.1 Å². The van der Waals surface area contributed by atoms with Gasteiger partial charge in [-0.15, -0.1) is 0 Å². The lowest BCUT2D eigenvalue weighted by atomic mass is 9.89. The first-order valence-corrected chi connectivity index (χ1v) is 6.48. The van der Waals surface area contributed by atoms with Gasteiger partial charge in [-0.05, 0) is 25.1 Å². The molecule has 2 rings (SSSR count). The van der Waals surface area contributed by atoms with Gasteiger partial charge in [0.15, 0.2) is 11.5 Å². The summed E-state index contributed by atoms with van der Waals surface area (Å²) in [5, 5.41) is 9.70. The number of carbonyl (C=O) groups is 3. The standard InChI is InChI=1S/C16H16O5/c1-8(17)10-5-9-6-13(14(18)16(2,3)4)21-12(9)7-11(10)15(19)20/h5-7H,1-4H3,(H,19,20). The van der Waals surface area contributed by atoms with Crippen molar-refractivity contribution in [3.05, 3.63) is 35.1 Å². The van der Waals surface area contributed by atoms with Crippen LogP contribution in [0.25, 0.3) is 11.0 Å². The fraction of sp³-hybridized carbons (Fsp3) is 0.312. The van der Waals surface area contributed by atoms with Crippen molar-refractivity contribution in [3.8, 4) is 0 Å². The second kappa shape index (κ2) is 4.84. The van der Waals surface area contributed by atoms with Crippen LogP contribution in [0.1, 0.15) is 59.0 Å². The Balaban J connectivity index is 2.66. The summed E-state index contributed by atoms with van der Waals surface area (Å²) in [6, 6.07) is 4.28. The molecule has 0 unspecified atom stereocenters. The van der Waals surface area contributed by atoms with Crippen LogP contribution in [0.15, 0.2) is 22.6 Å². The van der Waals surface area contributed by atoms with Crippen LogP contribution in [0.4, 0.5) is 0 Å². The van der Waals surface area contributed by atoms with Crippen molar-refractivity contribution in [2.24, 2.45) is 5.41 Å². The molecule has 21 heavy (non-hydrogen) atoms. The largest absolute Gasteiger partial charge is 0.478 e. The number of Topliss-reactive ketones (excluding diaryl/α,β-unsaturated/α-hetero) is 2. The summed E-state index contributed by atoms with van der Waals surface area (Å²) in [4.78, 5) is 35.0. The number of hydrogen-bond acceptors (Lipinski definition) is 4. The van der Waals surface area contributed by atoms with Crippen molar-refractivity contribution < 1.29 is 23.9 Å². The predicted octanol–water partition coefficient (Wildman–Crippen LogP) is 3.56. The van der Waals surface area contributed by atoms with E-state index in [4.69, 9.17) is 9.52 Å².